The Morgan fingerprint density at radius 2 is 2.07 bits per heavy atom. The third kappa shape index (κ3) is 2.75. The molecule has 1 rings (SSSR count). The molecule has 0 aliphatic heterocycles. The van der Waals surface area contributed by atoms with Gasteiger partial charge in [-0.25, -0.2) is 8.78 Å². The third-order valence-corrected chi connectivity index (χ3v) is 2.68. The van der Waals surface area contributed by atoms with Crippen molar-refractivity contribution in [1.29, 1.82) is 0 Å². The van der Waals surface area contributed by atoms with E-state index in [1.807, 2.05) is 13.0 Å². The molecule has 0 spiro atoms. The zero-order valence-electron chi connectivity index (χ0n) is 9.13. The number of hydrogen-bond acceptors (Lipinski definition) is 1. The molecule has 0 saturated carbocycles. The molecule has 0 amide bonds. The Labute approximate surface area is 89.3 Å². The second kappa shape index (κ2) is 4.71. The molecule has 1 atom stereocenters. The van der Waals surface area contributed by atoms with E-state index in [0.717, 1.165) is 5.56 Å². The summed E-state index contributed by atoms with van der Waals surface area (Å²) in [7, 11) is 0. The maximum atomic E-state index is 13.4. The highest BCUT2D eigenvalue weighted by Gasteiger charge is 2.28. The fourth-order valence-electron chi connectivity index (χ4n) is 1.41. The van der Waals surface area contributed by atoms with Crippen LogP contribution in [0.4, 0.5) is 8.78 Å². The molecule has 0 fully saturated rings. The molecule has 0 aliphatic rings. The lowest BCUT2D eigenvalue weighted by Crippen LogP contribution is -2.14. The average Bonchev–Trinajstić information content (AvgIpc) is 2.28. The minimum atomic E-state index is -2.73. The number of nitrogens with two attached hydrogens (primary N) is 1. The Kier molecular flexibility index (Phi) is 3.80. The molecule has 0 aromatic heterocycles. The molecule has 0 aliphatic carbocycles. The molecule has 84 valence electrons. The van der Waals surface area contributed by atoms with Gasteiger partial charge in [-0.2, -0.15) is 0 Å². The first-order valence-corrected chi connectivity index (χ1v) is 5.19. The molecule has 0 bridgehead atoms. The zero-order chi connectivity index (χ0) is 11.5. The van der Waals surface area contributed by atoms with Crippen LogP contribution in [0.1, 0.15) is 37.3 Å². The highest BCUT2D eigenvalue weighted by Crippen LogP contribution is 2.32. The number of hydrogen-bond donors (Lipinski definition) is 1. The summed E-state index contributed by atoms with van der Waals surface area (Å²) in [6.07, 6.45) is -0.173. The molecular weight excluding hydrogens is 196 g/mol. The summed E-state index contributed by atoms with van der Waals surface area (Å²) in [5, 5.41) is 0. The van der Waals surface area contributed by atoms with Crippen molar-refractivity contribution in [2.45, 2.75) is 32.1 Å². The van der Waals surface area contributed by atoms with E-state index in [1.54, 1.807) is 12.1 Å². The van der Waals surface area contributed by atoms with Crippen LogP contribution in [-0.2, 0) is 5.92 Å². The molecular formula is C12H17F2N. The highest BCUT2D eigenvalue weighted by molar-refractivity contribution is 5.29. The Morgan fingerprint density at radius 3 is 2.60 bits per heavy atom. The van der Waals surface area contributed by atoms with Crippen molar-refractivity contribution in [2.24, 2.45) is 5.73 Å². The van der Waals surface area contributed by atoms with Gasteiger partial charge in [0.1, 0.15) is 0 Å². The summed E-state index contributed by atoms with van der Waals surface area (Å²) in [6.45, 7) is 3.89. The van der Waals surface area contributed by atoms with E-state index >= 15 is 0 Å². The van der Waals surface area contributed by atoms with E-state index in [9.17, 15) is 8.78 Å². The number of rotatable bonds is 4. The zero-order valence-corrected chi connectivity index (χ0v) is 9.13. The van der Waals surface area contributed by atoms with Crippen LogP contribution in [0.5, 0.6) is 0 Å². The van der Waals surface area contributed by atoms with Crippen molar-refractivity contribution < 1.29 is 8.78 Å². The first-order chi connectivity index (χ1) is 7.01. The fourth-order valence-corrected chi connectivity index (χ4v) is 1.41. The van der Waals surface area contributed by atoms with E-state index in [0.29, 0.717) is 6.54 Å². The second-order valence-electron chi connectivity index (χ2n) is 3.82. The van der Waals surface area contributed by atoms with Crippen molar-refractivity contribution in [1.82, 2.24) is 0 Å². The normalized spacial score (nSPS) is 13.9. The minimum Gasteiger partial charge on any atom is -0.330 e. The summed E-state index contributed by atoms with van der Waals surface area (Å²) in [6, 6.07) is 6.53. The standard InChI is InChI=1S/C12H17F2N/c1-3-12(13,14)11-6-4-5-10(7-11)9(2)8-15/h4-7,9H,3,8,15H2,1-2H3. The summed E-state index contributed by atoms with van der Waals surface area (Å²) < 4.78 is 26.8. The van der Waals surface area contributed by atoms with Crippen LogP contribution < -0.4 is 5.73 Å². The van der Waals surface area contributed by atoms with Crippen LogP contribution in [0.3, 0.4) is 0 Å². The largest absolute Gasteiger partial charge is 0.330 e. The van der Waals surface area contributed by atoms with Crippen molar-refractivity contribution in [2.75, 3.05) is 6.54 Å². The Morgan fingerprint density at radius 1 is 1.40 bits per heavy atom. The lowest BCUT2D eigenvalue weighted by molar-refractivity contribution is -0.00836. The predicted molar refractivity (Wildman–Crippen MR) is 58.1 cm³/mol. The molecule has 1 aromatic carbocycles. The molecule has 15 heavy (non-hydrogen) atoms. The molecule has 1 nitrogen and oxygen atoms in total. The topological polar surface area (TPSA) is 26.0 Å². The van der Waals surface area contributed by atoms with Gasteiger partial charge in [0.05, 0.1) is 0 Å². The van der Waals surface area contributed by atoms with Gasteiger partial charge in [0, 0.05) is 12.0 Å². The van der Waals surface area contributed by atoms with E-state index in [-0.39, 0.29) is 17.9 Å². The first-order valence-electron chi connectivity index (χ1n) is 5.19. The van der Waals surface area contributed by atoms with Crippen molar-refractivity contribution in [3.05, 3.63) is 35.4 Å². The van der Waals surface area contributed by atoms with E-state index in [1.165, 1.54) is 13.0 Å². The molecule has 3 heteroatoms. The van der Waals surface area contributed by atoms with Crippen molar-refractivity contribution in [3.63, 3.8) is 0 Å². The van der Waals surface area contributed by atoms with Crippen LogP contribution in [0.2, 0.25) is 0 Å². The van der Waals surface area contributed by atoms with Gasteiger partial charge in [0.15, 0.2) is 0 Å². The van der Waals surface area contributed by atoms with E-state index in [4.69, 9.17) is 5.73 Å². The summed E-state index contributed by atoms with van der Waals surface area (Å²) >= 11 is 0. The van der Waals surface area contributed by atoms with Gasteiger partial charge in [-0.1, -0.05) is 32.0 Å². The Hall–Kier alpha value is -0.960. The summed E-state index contributed by atoms with van der Waals surface area (Å²) in [4.78, 5) is 0. The van der Waals surface area contributed by atoms with Crippen LogP contribution in [0.15, 0.2) is 24.3 Å². The summed E-state index contributed by atoms with van der Waals surface area (Å²) in [5.74, 6) is -2.61. The monoisotopic (exact) mass is 213 g/mol. The van der Waals surface area contributed by atoms with Crippen LogP contribution in [0.25, 0.3) is 0 Å². The van der Waals surface area contributed by atoms with Gasteiger partial charge in [-0.05, 0) is 24.1 Å². The average molecular weight is 213 g/mol. The maximum Gasteiger partial charge on any atom is 0.273 e. The first kappa shape index (κ1) is 12.1. The SMILES string of the molecule is CCC(F)(F)c1cccc(C(C)CN)c1. The molecule has 1 aromatic rings. The van der Waals surface area contributed by atoms with Gasteiger partial charge in [-0.3, -0.25) is 0 Å². The highest BCUT2D eigenvalue weighted by atomic mass is 19.3. The van der Waals surface area contributed by atoms with Gasteiger partial charge in [0.2, 0.25) is 0 Å². The van der Waals surface area contributed by atoms with Crippen LogP contribution in [-0.4, -0.2) is 6.54 Å². The van der Waals surface area contributed by atoms with Gasteiger partial charge < -0.3 is 5.73 Å². The molecule has 0 heterocycles. The number of benzene rings is 1. The molecule has 1 unspecified atom stereocenters. The fraction of sp³-hybridized carbons (Fsp3) is 0.500. The molecule has 2 N–H and O–H groups in total. The minimum absolute atomic E-state index is 0.0859. The number of halogens is 2. The molecule has 0 radical (unpaired) electrons. The van der Waals surface area contributed by atoms with Gasteiger partial charge in [0.25, 0.3) is 5.92 Å². The molecule has 0 saturated heterocycles. The van der Waals surface area contributed by atoms with Crippen molar-refractivity contribution in [3.8, 4) is 0 Å². The third-order valence-electron chi connectivity index (χ3n) is 2.68. The van der Waals surface area contributed by atoms with E-state index < -0.39 is 5.92 Å². The quantitative estimate of drug-likeness (QED) is 0.816. The van der Waals surface area contributed by atoms with Crippen LogP contribution in [0, 0.1) is 0 Å². The second-order valence-corrected chi connectivity index (χ2v) is 3.82. The number of alkyl halides is 2. The van der Waals surface area contributed by atoms with E-state index in [2.05, 4.69) is 0 Å². The predicted octanol–water partition coefficient (Wildman–Crippen LogP) is 3.25. The Balaban J connectivity index is 3.02. The van der Waals surface area contributed by atoms with Gasteiger partial charge in [-0.15, -0.1) is 0 Å². The lowest BCUT2D eigenvalue weighted by atomic mass is 9.96. The smallest absolute Gasteiger partial charge is 0.273 e. The van der Waals surface area contributed by atoms with Gasteiger partial charge >= 0.3 is 0 Å². The maximum absolute atomic E-state index is 13.4. The lowest BCUT2D eigenvalue weighted by Gasteiger charge is -2.17. The van der Waals surface area contributed by atoms with Crippen molar-refractivity contribution >= 4 is 0 Å². The summed E-state index contributed by atoms with van der Waals surface area (Å²) in [5.41, 5.74) is 6.47. The Bertz CT molecular complexity index is 323. The van der Waals surface area contributed by atoms with Crippen LogP contribution >= 0.6 is 0 Å².